The van der Waals surface area contributed by atoms with Crippen LogP contribution in [0.2, 0.25) is 0 Å². The molecule has 0 saturated carbocycles. The fraction of sp³-hybridized carbons (Fsp3) is 0.444. The van der Waals surface area contributed by atoms with Gasteiger partial charge in [0.2, 0.25) is 5.91 Å². The number of hydrogen-bond donors (Lipinski definition) is 1. The second-order valence-electron chi connectivity index (χ2n) is 6.31. The van der Waals surface area contributed by atoms with Crippen LogP contribution in [0.4, 0.5) is 0 Å². The Bertz CT molecular complexity index is 658. The smallest absolute Gasteiger partial charge is 0.227 e. The third-order valence-electron chi connectivity index (χ3n) is 4.64. The van der Waals surface area contributed by atoms with Crippen LogP contribution in [0.25, 0.3) is 0 Å². The van der Waals surface area contributed by atoms with Crippen molar-refractivity contribution in [2.45, 2.75) is 12.3 Å². The molecule has 24 heavy (non-hydrogen) atoms. The molecule has 130 valence electrons. The molecule has 2 atom stereocenters. The first-order valence-corrected chi connectivity index (χ1v) is 8.13. The minimum absolute atomic E-state index is 0. The molecular weight excluding hydrogens is 324 g/mol. The summed E-state index contributed by atoms with van der Waals surface area (Å²) in [5.74, 6) is 0.440. The van der Waals surface area contributed by atoms with Crippen LogP contribution >= 0.6 is 12.4 Å². The first-order chi connectivity index (χ1) is 11.1. The number of hydrogen-bond acceptors (Lipinski definition) is 3. The third-order valence-corrected chi connectivity index (χ3v) is 4.64. The second kappa shape index (κ2) is 8.31. The van der Waals surface area contributed by atoms with Crippen molar-refractivity contribution in [2.24, 2.45) is 13.0 Å². The highest BCUT2D eigenvalue weighted by molar-refractivity contribution is 5.85. The molecule has 2 aromatic rings. The Kier molecular flexibility index (Phi) is 6.40. The molecule has 1 saturated heterocycles. The van der Waals surface area contributed by atoms with Gasteiger partial charge in [0.15, 0.2) is 0 Å². The lowest BCUT2D eigenvalue weighted by Crippen LogP contribution is -2.37. The van der Waals surface area contributed by atoms with Crippen molar-refractivity contribution in [3.05, 3.63) is 53.9 Å². The maximum absolute atomic E-state index is 12.8. The summed E-state index contributed by atoms with van der Waals surface area (Å²) in [7, 11) is 3.82. The van der Waals surface area contributed by atoms with E-state index < -0.39 is 0 Å². The molecule has 0 aliphatic carbocycles. The van der Waals surface area contributed by atoms with Gasteiger partial charge in [-0.15, -0.1) is 12.4 Å². The van der Waals surface area contributed by atoms with E-state index in [1.807, 2.05) is 49.6 Å². The predicted octanol–water partition coefficient (Wildman–Crippen LogP) is 1.85. The van der Waals surface area contributed by atoms with Gasteiger partial charge < -0.3 is 10.2 Å². The normalized spacial score (nSPS) is 19.8. The number of nitrogens with one attached hydrogen (secondary N) is 1. The Hall–Kier alpha value is -1.85. The van der Waals surface area contributed by atoms with E-state index in [-0.39, 0.29) is 30.2 Å². The number of aromatic nitrogens is 2. The number of nitrogens with zero attached hydrogens (tertiary/aromatic N) is 3. The lowest BCUT2D eigenvalue weighted by molar-refractivity contribution is -0.134. The van der Waals surface area contributed by atoms with Gasteiger partial charge in [-0.3, -0.25) is 9.48 Å². The molecule has 1 amide bonds. The maximum Gasteiger partial charge on any atom is 0.227 e. The minimum Gasteiger partial charge on any atom is -0.345 e. The van der Waals surface area contributed by atoms with Crippen molar-refractivity contribution in [2.75, 3.05) is 26.7 Å². The molecule has 0 unspecified atom stereocenters. The van der Waals surface area contributed by atoms with Gasteiger partial charge in [-0.1, -0.05) is 30.3 Å². The third kappa shape index (κ3) is 4.16. The number of amides is 1. The number of likely N-dealkylation sites (N-methyl/N-ethyl adjacent to an activating group) is 1. The van der Waals surface area contributed by atoms with E-state index in [1.54, 1.807) is 4.68 Å². The van der Waals surface area contributed by atoms with E-state index in [0.29, 0.717) is 0 Å². The summed E-state index contributed by atoms with van der Waals surface area (Å²) in [6.45, 7) is 2.34. The highest BCUT2D eigenvalue weighted by atomic mass is 35.5. The van der Waals surface area contributed by atoms with Crippen LogP contribution in [0.1, 0.15) is 17.0 Å². The van der Waals surface area contributed by atoms with Crippen molar-refractivity contribution in [3.63, 3.8) is 0 Å². The first kappa shape index (κ1) is 18.5. The van der Waals surface area contributed by atoms with Gasteiger partial charge >= 0.3 is 0 Å². The molecule has 2 heterocycles. The summed E-state index contributed by atoms with van der Waals surface area (Å²) < 4.78 is 1.80. The summed E-state index contributed by atoms with van der Waals surface area (Å²) in [5, 5.41) is 7.60. The van der Waals surface area contributed by atoms with Crippen LogP contribution in [0.3, 0.4) is 0 Å². The van der Waals surface area contributed by atoms with Gasteiger partial charge in [-0.25, -0.2) is 0 Å². The molecule has 1 aromatic carbocycles. The van der Waals surface area contributed by atoms with Crippen molar-refractivity contribution in [1.82, 2.24) is 20.0 Å². The highest BCUT2D eigenvalue weighted by Crippen LogP contribution is 2.29. The van der Waals surface area contributed by atoms with Crippen molar-refractivity contribution in [1.29, 1.82) is 0 Å². The largest absolute Gasteiger partial charge is 0.345 e. The summed E-state index contributed by atoms with van der Waals surface area (Å²) in [6.07, 6.45) is 4.78. The molecule has 3 rings (SSSR count). The molecule has 1 aliphatic rings. The topological polar surface area (TPSA) is 50.2 Å². The van der Waals surface area contributed by atoms with Gasteiger partial charge in [0.25, 0.3) is 0 Å². The lowest BCUT2D eigenvalue weighted by Gasteiger charge is -2.24. The molecule has 0 spiro atoms. The number of carbonyl (C=O) groups excluding carboxylic acids is 1. The van der Waals surface area contributed by atoms with Crippen LogP contribution in [-0.2, 0) is 18.3 Å². The average molecular weight is 349 g/mol. The van der Waals surface area contributed by atoms with Gasteiger partial charge in [-0.2, -0.15) is 5.10 Å². The van der Waals surface area contributed by atoms with Gasteiger partial charge in [-0.05, 0) is 17.5 Å². The van der Waals surface area contributed by atoms with E-state index in [2.05, 4.69) is 22.5 Å². The molecule has 1 N–H and O–H groups in total. The fourth-order valence-electron chi connectivity index (χ4n) is 3.25. The standard InChI is InChI=1S/C18H24N4O.ClH/c1-21(9-8-14-6-4-3-5-7-14)18(23)17-12-19-11-16(17)15-10-20-22(2)13-15;/h3-7,10,13,16-17,19H,8-9,11-12H2,1-2H3;1H/t16-,17+;/m1./s1. The summed E-state index contributed by atoms with van der Waals surface area (Å²) in [4.78, 5) is 14.7. The fourth-order valence-corrected chi connectivity index (χ4v) is 3.25. The first-order valence-electron chi connectivity index (χ1n) is 8.13. The molecule has 0 radical (unpaired) electrons. The Labute approximate surface area is 149 Å². The number of rotatable bonds is 5. The van der Waals surface area contributed by atoms with E-state index in [4.69, 9.17) is 0 Å². The Morgan fingerprint density at radius 2 is 2.08 bits per heavy atom. The summed E-state index contributed by atoms with van der Waals surface area (Å²) in [6, 6.07) is 10.3. The van der Waals surface area contributed by atoms with E-state index in [0.717, 1.165) is 31.6 Å². The monoisotopic (exact) mass is 348 g/mol. The molecular formula is C18H25ClN4O. The lowest BCUT2D eigenvalue weighted by atomic mass is 9.90. The summed E-state index contributed by atoms with van der Waals surface area (Å²) in [5.41, 5.74) is 2.41. The van der Waals surface area contributed by atoms with Crippen LogP contribution in [0.5, 0.6) is 0 Å². The second-order valence-corrected chi connectivity index (χ2v) is 6.31. The highest BCUT2D eigenvalue weighted by Gasteiger charge is 2.36. The number of aryl methyl sites for hydroxylation is 1. The van der Waals surface area contributed by atoms with Gasteiger partial charge in [0.05, 0.1) is 12.1 Å². The SMILES string of the molecule is CN(CCc1ccccc1)C(=O)[C@H]1CNC[C@@H]1c1cnn(C)c1.Cl. The maximum atomic E-state index is 12.8. The molecule has 1 aliphatic heterocycles. The zero-order valence-corrected chi connectivity index (χ0v) is 15.0. The number of carbonyl (C=O) groups is 1. The summed E-state index contributed by atoms with van der Waals surface area (Å²) >= 11 is 0. The van der Waals surface area contributed by atoms with Gasteiger partial charge in [0.1, 0.15) is 0 Å². The van der Waals surface area contributed by atoms with Crippen molar-refractivity contribution >= 4 is 18.3 Å². The van der Waals surface area contributed by atoms with E-state index >= 15 is 0 Å². The molecule has 1 aromatic heterocycles. The van der Waals surface area contributed by atoms with E-state index in [1.165, 1.54) is 5.56 Å². The van der Waals surface area contributed by atoms with Crippen molar-refractivity contribution in [3.8, 4) is 0 Å². The Balaban J connectivity index is 0.00000208. The van der Waals surface area contributed by atoms with Gasteiger partial charge in [0, 0.05) is 45.8 Å². The van der Waals surface area contributed by atoms with Crippen LogP contribution < -0.4 is 5.32 Å². The number of benzene rings is 1. The average Bonchev–Trinajstić information content (AvgIpc) is 3.21. The quantitative estimate of drug-likeness (QED) is 0.897. The van der Waals surface area contributed by atoms with Crippen LogP contribution in [-0.4, -0.2) is 47.3 Å². The van der Waals surface area contributed by atoms with Crippen molar-refractivity contribution < 1.29 is 4.79 Å². The van der Waals surface area contributed by atoms with E-state index in [9.17, 15) is 4.79 Å². The molecule has 5 nitrogen and oxygen atoms in total. The minimum atomic E-state index is -0.0000247. The predicted molar refractivity (Wildman–Crippen MR) is 97.3 cm³/mol. The Morgan fingerprint density at radius 3 is 2.75 bits per heavy atom. The zero-order chi connectivity index (χ0) is 16.2. The van der Waals surface area contributed by atoms with Crippen LogP contribution in [0, 0.1) is 5.92 Å². The number of halogens is 1. The Morgan fingerprint density at radius 1 is 1.33 bits per heavy atom. The molecule has 1 fully saturated rings. The zero-order valence-electron chi connectivity index (χ0n) is 14.2. The van der Waals surface area contributed by atoms with Crippen LogP contribution in [0.15, 0.2) is 42.7 Å². The molecule has 6 heteroatoms. The molecule has 0 bridgehead atoms.